The summed E-state index contributed by atoms with van der Waals surface area (Å²) in [6, 6.07) is 2.06. The second-order valence-corrected chi connectivity index (χ2v) is 5.48. The van der Waals surface area contributed by atoms with Crippen LogP contribution in [0.15, 0.2) is 11.4 Å². The summed E-state index contributed by atoms with van der Waals surface area (Å²) in [4.78, 5) is 10.0. The molecule has 1 aliphatic heterocycles. The van der Waals surface area contributed by atoms with E-state index in [1.807, 2.05) is 12.3 Å². The average molecular weight is 278 g/mol. The van der Waals surface area contributed by atoms with Crippen LogP contribution in [-0.4, -0.2) is 35.8 Å². The number of fused-ring (bicyclic) bond motifs is 1. The van der Waals surface area contributed by atoms with Crippen molar-refractivity contribution in [2.75, 3.05) is 30.3 Å². The van der Waals surface area contributed by atoms with Gasteiger partial charge in [0.15, 0.2) is 0 Å². The molecule has 1 atom stereocenters. The van der Waals surface area contributed by atoms with E-state index in [9.17, 15) is 0 Å². The molecule has 0 amide bonds. The third-order valence-electron chi connectivity index (χ3n) is 3.18. The van der Waals surface area contributed by atoms with Crippen LogP contribution in [0.2, 0.25) is 0 Å². The van der Waals surface area contributed by atoms with Crippen molar-refractivity contribution in [3.63, 3.8) is 0 Å². The highest BCUT2D eigenvalue weighted by molar-refractivity contribution is 7.16. The summed E-state index contributed by atoms with van der Waals surface area (Å²) in [6.07, 6.45) is 2.60. The number of hydrogen-bond acceptors (Lipinski definition) is 6. The molecule has 2 aromatic heterocycles. The standard InChI is InChI=1S/C13H18N4OS/c1-2-14-13-16-11(10-5-7-19-12(10)17-13)15-8-9-4-3-6-18-9/h5,7,9H,2-4,6,8H2,1H3,(H2,14,15,16,17). The smallest absolute Gasteiger partial charge is 0.226 e. The van der Waals surface area contributed by atoms with Crippen LogP contribution in [0.5, 0.6) is 0 Å². The Balaban J connectivity index is 1.80. The number of aromatic nitrogens is 2. The highest BCUT2D eigenvalue weighted by Crippen LogP contribution is 2.26. The molecule has 1 aliphatic rings. The second kappa shape index (κ2) is 5.71. The number of rotatable bonds is 5. The molecule has 0 spiro atoms. The van der Waals surface area contributed by atoms with Crippen LogP contribution in [0.4, 0.5) is 11.8 Å². The van der Waals surface area contributed by atoms with Gasteiger partial charge >= 0.3 is 0 Å². The zero-order valence-corrected chi connectivity index (χ0v) is 11.8. The van der Waals surface area contributed by atoms with Crippen molar-refractivity contribution in [3.8, 4) is 0 Å². The zero-order valence-electron chi connectivity index (χ0n) is 11.0. The second-order valence-electron chi connectivity index (χ2n) is 4.58. The largest absolute Gasteiger partial charge is 0.376 e. The molecule has 5 nitrogen and oxygen atoms in total. The van der Waals surface area contributed by atoms with E-state index in [0.717, 1.165) is 48.6 Å². The molecule has 3 heterocycles. The number of hydrogen-bond donors (Lipinski definition) is 2. The quantitative estimate of drug-likeness (QED) is 0.880. The van der Waals surface area contributed by atoms with Gasteiger partial charge in [0.1, 0.15) is 10.6 Å². The normalized spacial score (nSPS) is 18.9. The molecule has 1 saturated heterocycles. The highest BCUT2D eigenvalue weighted by Gasteiger charge is 2.16. The van der Waals surface area contributed by atoms with Gasteiger partial charge in [0.05, 0.1) is 11.5 Å². The molecule has 2 N–H and O–H groups in total. The number of nitrogens with zero attached hydrogens (tertiary/aromatic N) is 2. The van der Waals surface area contributed by atoms with E-state index in [0.29, 0.717) is 12.1 Å². The maximum Gasteiger partial charge on any atom is 0.226 e. The van der Waals surface area contributed by atoms with Crippen LogP contribution in [0.25, 0.3) is 10.2 Å². The Kier molecular flexibility index (Phi) is 3.79. The minimum atomic E-state index is 0.311. The lowest BCUT2D eigenvalue weighted by Crippen LogP contribution is -2.19. The van der Waals surface area contributed by atoms with Crippen LogP contribution in [0.1, 0.15) is 19.8 Å². The van der Waals surface area contributed by atoms with E-state index >= 15 is 0 Å². The van der Waals surface area contributed by atoms with Crippen LogP contribution < -0.4 is 10.6 Å². The van der Waals surface area contributed by atoms with Crippen molar-refractivity contribution in [3.05, 3.63) is 11.4 Å². The van der Waals surface area contributed by atoms with E-state index in [1.54, 1.807) is 11.3 Å². The maximum atomic E-state index is 5.63. The van der Waals surface area contributed by atoms with Gasteiger partial charge in [0.2, 0.25) is 5.95 Å². The molecule has 2 aromatic rings. The number of nitrogens with one attached hydrogen (secondary N) is 2. The molecule has 1 unspecified atom stereocenters. The fraction of sp³-hybridized carbons (Fsp3) is 0.538. The number of ether oxygens (including phenoxy) is 1. The van der Waals surface area contributed by atoms with Crippen molar-refractivity contribution in [1.29, 1.82) is 0 Å². The monoisotopic (exact) mass is 278 g/mol. The maximum absolute atomic E-state index is 5.63. The van der Waals surface area contributed by atoms with Crippen LogP contribution >= 0.6 is 11.3 Å². The minimum Gasteiger partial charge on any atom is -0.376 e. The topological polar surface area (TPSA) is 59.1 Å². The molecule has 3 rings (SSSR count). The number of anilines is 2. The Hall–Kier alpha value is -1.40. The zero-order chi connectivity index (χ0) is 13.1. The highest BCUT2D eigenvalue weighted by atomic mass is 32.1. The first kappa shape index (κ1) is 12.6. The van der Waals surface area contributed by atoms with E-state index in [2.05, 4.69) is 26.7 Å². The molecule has 19 heavy (non-hydrogen) atoms. The summed E-state index contributed by atoms with van der Waals surface area (Å²) < 4.78 is 5.63. The van der Waals surface area contributed by atoms with Crippen molar-refractivity contribution >= 4 is 33.3 Å². The lowest BCUT2D eigenvalue weighted by molar-refractivity contribution is 0.120. The van der Waals surface area contributed by atoms with Gasteiger partial charge in [-0.05, 0) is 31.2 Å². The summed E-state index contributed by atoms with van der Waals surface area (Å²) in [5.74, 6) is 1.59. The van der Waals surface area contributed by atoms with E-state index in [-0.39, 0.29) is 0 Å². The molecular formula is C13H18N4OS. The molecule has 0 saturated carbocycles. The van der Waals surface area contributed by atoms with Crippen LogP contribution in [-0.2, 0) is 4.74 Å². The van der Waals surface area contributed by atoms with Gasteiger partial charge in [-0.3, -0.25) is 0 Å². The summed E-state index contributed by atoms with van der Waals surface area (Å²) in [7, 11) is 0. The van der Waals surface area contributed by atoms with E-state index in [1.165, 1.54) is 0 Å². The molecule has 102 valence electrons. The van der Waals surface area contributed by atoms with Gasteiger partial charge in [-0.25, -0.2) is 4.98 Å². The Morgan fingerprint density at radius 2 is 2.37 bits per heavy atom. The van der Waals surface area contributed by atoms with Gasteiger partial charge in [0.25, 0.3) is 0 Å². The van der Waals surface area contributed by atoms with Gasteiger partial charge in [-0.15, -0.1) is 11.3 Å². The lowest BCUT2D eigenvalue weighted by atomic mass is 10.2. The fourth-order valence-electron chi connectivity index (χ4n) is 2.24. The third-order valence-corrected chi connectivity index (χ3v) is 3.99. The van der Waals surface area contributed by atoms with Gasteiger partial charge in [0, 0.05) is 19.7 Å². The van der Waals surface area contributed by atoms with Gasteiger partial charge in [-0.1, -0.05) is 0 Å². The predicted molar refractivity (Wildman–Crippen MR) is 79.0 cm³/mol. The van der Waals surface area contributed by atoms with E-state index < -0.39 is 0 Å². The summed E-state index contributed by atoms with van der Waals surface area (Å²) in [5, 5.41) is 9.71. The van der Waals surface area contributed by atoms with Crippen molar-refractivity contribution in [1.82, 2.24) is 9.97 Å². The molecular weight excluding hydrogens is 260 g/mol. The number of thiophene rings is 1. The summed E-state index contributed by atoms with van der Waals surface area (Å²) >= 11 is 1.64. The molecule has 0 bridgehead atoms. The Morgan fingerprint density at radius 1 is 1.42 bits per heavy atom. The van der Waals surface area contributed by atoms with Crippen molar-refractivity contribution in [2.24, 2.45) is 0 Å². The average Bonchev–Trinajstić information content (AvgIpc) is 3.07. The third kappa shape index (κ3) is 2.79. The van der Waals surface area contributed by atoms with Gasteiger partial charge in [-0.2, -0.15) is 4.98 Å². The molecule has 6 heteroatoms. The Labute approximate surface area is 116 Å². The first-order chi connectivity index (χ1) is 9.36. The fourth-order valence-corrected chi connectivity index (χ4v) is 3.01. The SMILES string of the molecule is CCNc1nc(NCC2CCCO2)c2ccsc2n1. The van der Waals surface area contributed by atoms with Gasteiger partial charge < -0.3 is 15.4 Å². The Bertz CT molecular complexity index is 551. The minimum absolute atomic E-state index is 0.311. The first-order valence-corrected chi connectivity index (χ1v) is 7.59. The van der Waals surface area contributed by atoms with Crippen LogP contribution in [0.3, 0.4) is 0 Å². The van der Waals surface area contributed by atoms with Crippen molar-refractivity contribution in [2.45, 2.75) is 25.9 Å². The lowest BCUT2D eigenvalue weighted by Gasteiger charge is -2.13. The molecule has 0 aromatic carbocycles. The van der Waals surface area contributed by atoms with Crippen LogP contribution in [0, 0.1) is 0 Å². The molecule has 1 fully saturated rings. The predicted octanol–water partition coefficient (Wildman–Crippen LogP) is 2.71. The molecule has 0 radical (unpaired) electrons. The first-order valence-electron chi connectivity index (χ1n) is 6.71. The van der Waals surface area contributed by atoms with Crippen molar-refractivity contribution < 1.29 is 4.74 Å². The summed E-state index contributed by atoms with van der Waals surface area (Å²) in [6.45, 7) is 4.56. The Morgan fingerprint density at radius 3 is 3.16 bits per heavy atom. The molecule has 0 aliphatic carbocycles. The summed E-state index contributed by atoms with van der Waals surface area (Å²) in [5.41, 5.74) is 0. The van der Waals surface area contributed by atoms with E-state index in [4.69, 9.17) is 4.74 Å².